The third-order valence-corrected chi connectivity index (χ3v) is 4.56. The van der Waals surface area contributed by atoms with Crippen LogP contribution < -0.4 is 5.32 Å². The van der Waals surface area contributed by atoms with Crippen LogP contribution in [0, 0.1) is 6.92 Å². The van der Waals surface area contributed by atoms with Crippen molar-refractivity contribution in [3.8, 4) is 10.6 Å². The molecule has 3 aromatic rings. The van der Waals surface area contributed by atoms with Crippen LogP contribution in [-0.4, -0.2) is 15.5 Å². The number of aryl methyl sites for hydroxylation is 1. The van der Waals surface area contributed by atoms with E-state index in [4.69, 9.17) is 0 Å². The third kappa shape index (κ3) is 3.43. The summed E-state index contributed by atoms with van der Waals surface area (Å²) in [4.78, 5) is 17.6. The zero-order chi connectivity index (χ0) is 15.4. The monoisotopic (exact) mass is 311 g/mol. The van der Waals surface area contributed by atoms with Gasteiger partial charge in [0, 0.05) is 22.8 Å². The maximum absolute atomic E-state index is 11.9. The Bertz CT molecular complexity index is 748. The van der Waals surface area contributed by atoms with Gasteiger partial charge >= 0.3 is 0 Å². The standard InChI is InChI=1S/C17H17N3OS/c1-13-15(11-18-16(21)12-20-9-5-6-10-20)22-17(19-13)14-7-3-2-4-8-14/h2-10H,11-12H2,1H3,(H,18,21). The normalized spacial score (nSPS) is 10.6. The van der Waals surface area contributed by atoms with E-state index in [1.807, 2.05) is 66.3 Å². The Morgan fingerprint density at radius 2 is 1.91 bits per heavy atom. The number of aromatic nitrogens is 2. The summed E-state index contributed by atoms with van der Waals surface area (Å²) < 4.78 is 1.85. The van der Waals surface area contributed by atoms with Crippen molar-refractivity contribution >= 4 is 17.2 Å². The van der Waals surface area contributed by atoms with Gasteiger partial charge in [-0.3, -0.25) is 4.79 Å². The predicted molar refractivity (Wildman–Crippen MR) is 88.6 cm³/mol. The maximum Gasteiger partial charge on any atom is 0.240 e. The van der Waals surface area contributed by atoms with Gasteiger partial charge in [0.05, 0.1) is 12.2 Å². The summed E-state index contributed by atoms with van der Waals surface area (Å²) in [7, 11) is 0. The largest absolute Gasteiger partial charge is 0.350 e. The van der Waals surface area contributed by atoms with Crippen molar-refractivity contribution in [3.63, 3.8) is 0 Å². The average Bonchev–Trinajstić information content (AvgIpc) is 3.16. The van der Waals surface area contributed by atoms with Crippen LogP contribution >= 0.6 is 11.3 Å². The van der Waals surface area contributed by atoms with E-state index in [2.05, 4.69) is 10.3 Å². The average molecular weight is 311 g/mol. The number of hydrogen-bond donors (Lipinski definition) is 1. The summed E-state index contributed by atoms with van der Waals surface area (Å²) in [6.07, 6.45) is 3.76. The van der Waals surface area contributed by atoms with Gasteiger partial charge in [0.1, 0.15) is 11.6 Å². The van der Waals surface area contributed by atoms with Crippen LogP contribution in [0.1, 0.15) is 10.6 Å². The fraction of sp³-hybridized carbons (Fsp3) is 0.176. The molecule has 0 bridgehead atoms. The molecule has 2 aromatic heterocycles. The van der Waals surface area contributed by atoms with Crippen LogP contribution in [0.2, 0.25) is 0 Å². The van der Waals surface area contributed by atoms with Gasteiger partial charge in [0.2, 0.25) is 5.91 Å². The Balaban J connectivity index is 1.63. The minimum absolute atomic E-state index is 0.00487. The van der Waals surface area contributed by atoms with Gasteiger partial charge in [-0.05, 0) is 19.1 Å². The molecule has 5 heteroatoms. The van der Waals surface area contributed by atoms with E-state index in [0.717, 1.165) is 21.1 Å². The summed E-state index contributed by atoms with van der Waals surface area (Å²) in [5.41, 5.74) is 2.09. The quantitative estimate of drug-likeness (QED) is 0.786. The van der Waals surface area contributed by atoms with Gasteiger partial charge in [-0.2, -0.15) is 0 Å². The van der Waals surface area contributed by atoms with Gasteiger partial charge in [-0.25, -0.2) is 4.98 Å². The lowest BCUT2D eigenvalue weighted by Crippen LogP contribution is -2.26. The number of nitrogens with zero attached hydrogens (tertiary/aromatic N) is 2. The lowest BCUT2D eigenvalue weighted by atomic mass is 10.2. The summed E-state index contributed by atoms with van der Waals surface area (Å²) in [6, 6.07) is 13.9. The molecule has 22 heavy (non-hydrogen) atoms. The van der Waals surface area contributed by atoms with E-state index in [0.29, 0.717) is 13.1 Å². The maximum atomic E-state index is 11.9. The van der Waals surface area contributed by atoms with Crippen molar-refractivity contribution < 1.29 is 4.79 Å². The van der Waals surface area contributed by atoms with Crippen LogP contribution in [-0.2, 0) is 17.9 Å². The van der Waals surface area contributed by atoms with Crippen LogP contribution in [0.4, 0.5) is 0 Å². The van der Waals surface area contributed by atoms with Crippen molar-refractivity contribution in [1.29, 1.82) is 0 Å². The highest BCUT2D eigenvalue weighted by Gasteiger charge is 2.10. The molecule has 0 radical (unpaired) electrons. The molecule has 0 fully saturated rings. The molecule has 0 aliphatic heterocycles. The smallest absolute Gasteiger partial charge is 0.240 e. The molecule has 0 spiro atoms. The second-order valence-corrected chi connectivity index (χ2v) is 6.11. The molecule has 2 heterocycles. The number of carbonyl (C=O) groups excluding carboxylic acids is 1. The van der Waals surface area contributed by atoms with E-state index in [1.54, 1.807) is 11.3 Å². The van der Waals surface area contributed by atoms with Crippen LogP contribution in [0.5, 0.6) is 0 Å². The SMILES string of the molecule is Cc1nc(-c2ccccc2)sc1CNC(=O)Cn1cccc1. The Kier molecular flexibility index (Phi) is 4.34. The van der Waals surface area contributed by atoms with Gasteiger partial charge in [0.15, 0.2) is 0 Å². The Morgan fingerprint density at radius 1 is 1.18 bits per heavy atom. The highest BCUT2D eigenvalue weighted by atomic mass is 32.1. The first-order chi connectivity index (χ1) is 10.7. The van der Waals surface area contributed by atoms with Crippen molar-refractivity contribution in [3.05, 3.63) is 65.4 Å². The number of rotatable bonds is 5. The van der Waals surface area contributed by atoms with Crippen molar-refractivity contribution in [1.82, 2.24) is 14.9 Å². The topological polar surface area (TPSA) is 46.9 Å². The highest BCUT2D eigenvalue weighted by molar-refractivity contribution is 7.15. The fourth-order valence-electron chi connectivity index (χ4n) is 2.17. The highest BCUT2D eigenvalue weighted by Crippen LogP contribution is 2.27. The molecule has 0 saturated carbocycles. The van der Waals surface area contributed by atoms with E-state index in [9.17, 15) is 4.79 Å². The molecule has 3 rings (SSSR count). The summed E-state index contributed by atoms with van der Waals surface area (Å²) >= 11 is 1.63. The first-order valence-electron chi connectivity index (χ1n) is 7.11. The van der Waals surface area contributed by atoms with Crippen LogP contribution in [0.25, 0.3) is 10.6 Å². The Hall–Kier alpha value is -2.40. The fourth-order valence-corrected chi connectivity index (χ4v) is 3.18. The zero-order valence-corrected chi connectivity index (χ0v) is 13.1. The number of thiazole rings is 1. The minimum atomic E-state index is 0.00487. The number of benzene rings is 1. The molecule has 1 N–H and O–H groups in total. The van der Waals surface area contributed by atoms with E-state index >= 15 is 0 Å². The molecular formula is C17H17N3OS. The van der Waals surface area contributed by atoms with E-state index in [-0.39, 0.29) is 5.91 Å². The van der Waals surface area contributed by atoms with Crippen molar-refractivity contribution in [2.24, 2.45) is 0 Å². The minimum Gasteiger partial charge on any atom is -0.350 e. The van der Waals surface area contributed by atoms with Crippen LogP contribution in [0.3, 0.4) is 0 Å². The second kappa shape index (κ2) is 6.58. The van der Waals surface area contributed by atoms with Gasteiger partial charge in [0.25, 0.3) is 0 Å². The van der Waals surface area contributed by atoms with Crippen LogP contribution in [0.15, 0.2) is 54.9 Å². The number of amides is 1. The second-order valence-electron chi connectivity index (χ2n) is 5.03. The Labute approximate surface area is 133 Å². The molecule has 1 aromatic carbocycles. The lowest BCUT2D eigenvalue weighted by Gasteiger charge is -2.05. The summed E-state index contributed by atoms with van der Waals surface area (Å²) in [6.45, 7) is 2.85. The third-order valence-electron chi connectivity index (χ3n) is 3.35. The molecule has 0 aliphatic carbocycles. The number of nitrogens with one attached hydrogen (secondary N) is 1. The molecule has 112 valence electrons. The summed E-state index contributed by atoms with van der Waals surface area (Å²) in [5.74, 6) is 0.00487. The molecule has 0 aliphatic rings. The van der Waals surface area contributed by atoms with E-state index in [1.165, 1.54) is 0 Å². The van der Waals surface area contributed by atoms with Crippen molar-refractivity contribution in [2.45, 2.75) is 20.0 Å². The number of carbonyl (C=O) groups is 1. The first-order valence-corrected chi connectivity index (χ1v) is 7.93. The Morgan fingerprint density at radius 3 is 2.64 bits per heavy atom. The van der Waals surface area contributed by atoms with Gasteiger partial charge in [-0.15, -0.1) is 11.3 Å². The van der Waals surface area contributed by atoms with Gasteiger partial charge in [-0.1, -0.05) is 30.3 Å². The molecular weight excluding hydrogens is 294 g/mol. The molecule has 0 atom stereocenters. The predicted octanol–water partition coefficient (Wildman–Crippen LogP) is 3.24. The van der Waals surface area contributed by atoms with Gasteiger partial charge < -0.3 is 9.88 Å². The van der Waals surface area contributed by atoms with Crippen molar-refractivity contribution in [2.75, 3.05) is 0 Å². The molecule has 1 amide bonds. The molecule has 0 unspecified atom stereocenters. The first kappa shape index (κ1) is 14.5. The lowest BCUT2D eigenvalue weighted by molar-refractivity contribution is -0.121. The molecule has 4 nitrogen and oxygen atoms in total. The zero-order valence-electron chi connectivity index (χ0n) is 12.3. The van der Waals surface area contributed by atoms with E-state index < -0.39 is 0 Å². The number of hydrogen-bond acceptors (Lipinski definition) is 3. The molecule has 0 saturated heterocycles. The summed E-state index contributed by atoms with van der Waals surface area (Å²) in [5, 5.41) is 3.95.